The monoisotopic (exact) mass is 248 g/mol. The minimum absolute atomic E-state index is 0. The van der Waals surface area contributed by atoms with Gasteiger partial charge >= 0.3 is 71.8 Å². The van der Waals surface area contributed by atoms with Crippen molar-refractivity contribution >= 4 is 25.1 Å². The fourth-order valence-corrected chi connectivity index (χ4v) is 1.94. The Morgan fingerprint density at radius 3 is 2.75 bits per heavy atom. The zero-order valence-corrected chi connectivity index (χ0v) is 9.14. The van der Waals surface area contributed by atoms with Crippen LogP contribution in [0.2, 0.25) is 0 Å². The molecule has 4 heteroatoms. The van der Waals surface area contributed by atoms with Gasteiger partial charge in [-0.25, -0.2) is 0 Å². The molecule has 0 radical (unpaired) electrons. The molecule has 64 valence electrons. The van der Waals surface area contributed by atoms with E-state index in [9.17, 15) is 0 Å². The van der Waals surface area contributed by atoms with Crippen LogP contribution in [-0.4, -0.2) is 15.0 Å². The molecule has 0 saturated heterocycles. The smallest absolute Gasteiger partial charge is 1.00 e. The molecule has 0 aliphatic carbocycles. The van der Waals surface area contributed by atoms with E-state index in [4.69, 9.17) is 5.26 Å². The molecule has 0 atom stereocenters. The molecule has 1 aromatic rings. The molecular formula is C8H9ClN2Se. The second-order valence-electron chi connectivity index (χ2n) is 2.30. The van der Waals surface area contributed by atoms with Crippen LogP contribution in [0.1, 0.15) is 5.56 Å². The van der Waals surface area contributed by atoms with Crippen LogP contribution in [0.5, 0.6) is 0 Å². The van der Waals surface area contributed by atoms with Gasteiger partial charge in [-0.05, 0) is 0 Å². The fraction of sp³-hybridized carbons (Fsp3) is 0.125. The van der Waals surface area contributed by atoms with Crippen LogP contribution in [0, 0.1) is 17.2 Å². The van der Waals surface area contributed by atoms with E-state index in [1.54, 1.807) is 0 Å². The summed E-state index contributed by atoms with van der Waals surface area (Å²) >= 11 is -0.0664. The van der Waals surface area contributed by atoms with Crippen LogP contribution in [0.4, 0.5) is 5.69 Å². The van der Waals surface area contributed by atoms with E-state index in [1.165, 1.54) is 5.56 Å². The SMILES string of the molecule is Cc1ccc([NH3+])c([Se]C#N)c1.[Cl-]. The van der Waals surface area contributed by atoms with Crippen molar-refractivity contribution in [2.45, 2.75) is 6.92 Å². The first-order chi connectivity index (χ1) is 5.24. The number of benzene rings is 1. The number of quaternary nitrogens is 1. The topological polar surface area (TPSA) is 51.4 Å². The summed E-state index contributed by atoms with van der Waals surface area (Å²) in [7, 11) is 0. The standard InChI is InChI=1S/C8H8N2Se.ClH/c1-6-2-3-7(10)8(4-6)11-5-9;/h2-4H,10H2,1H3;1H. The van der Waals surface area contributed by atoms with Gasteiger partial charge in [-0.3, -0.25) is 0 Å². The molecule has 12 heavy (non-hydrogen) atoms. The van der Waals surface area contributed by atoms with Crippen molar-refractivity contribution in [1.29, 1.82) is 5.26 Å². The summed E-state index contributed by atoms with van der Waals surface area (Å²) in [6, 6.07) is 6.01. The Kier molecular flexibility index (Phi) is 4.96. The maximum Gasteiger partial charge on any atom is -1.00 e. The van der Waals surface area contributed by atoms with Crippen molar-refractivity contribution in [3.05, 3.63) is 23.8 Å². The summed E-state index contributed by atoms with van der Waals surface area (Å²) in [5.41, 5.74) is 6.03. The Labute approximate surface area is 84.3 Å². The van der Waals surface area contributed by atoms with E-state index in [-0.39, 0.29) is 27.4 Å². The summed E-state index contributed by atoms with van der Waals surface area (Å²) in [6.45, 7) is 2.02. The van der Waals surface area contributed by atoms with Gasteiger partial charge in [0.15, 0.2) is 0 Å². The van der Waals surface area contributed by atoms with E-state index >= 15 is 0 Å². The summed E-state index contributed by atoms with van der Waals surface area (Å²) < 4.78 is 1.10. The quantitative estimate of drug-likeness (QED) is 0.519. The third-order valence-electron chi connectivity index (χ3n) is 1.38. The van der Waals surface area contributed by atoms with Crippen molar-refractivity contribution in [3.8, 4) is 4.97 Å². The maximum absolute atomic E-state index is 8.49. The largest absolute Gasteiger partial charge is 1.00 e. The van der Waals surface area contributed by atoms with Gasteiger partial charge in [0.1, 0.15) is 0 Å². The van der Waals surface area contributed by atoms with Crippen molar-refractivity contribution in [3.63, 3.8) is 0 Å². The predicted octanol–water partition coefficient (Wildman–Crippen LogP) is -3.32. The molecule has 0 aromatic heterocycles. The summed E-state index contributed by atoms with van der Waals surface area (Å²) in [5.74, 6) is 0. The van der Waals surface area contributed by atoms with E-state index in [1.807, 2.05) is 25.1 Å². The van der Waals surface area contributed by atoms with Crippen LogP contribution in [0.25, 0.3) is 0 Å². The Balaban J connectivity index is 0.00000121. The summed E-state index contributed by atoms with van der Waals surface area (Å²) in [5, 5.41) is 8.49. The maximum atomic E-state index is 8.49. The molecule has 1 rings (SSSR count). The molecule has 0 saturated carbocycles. The van der Waals surface area contributed by atoms with Crippen molar-refractivity contribution in [2.75, 3.05) is 0 Å². The van der Waals surface area contributed by atoms with E-state index < -0.39 is 0 Å². The van der Waals surface area contributed by atoms with Crippen molar-refractivity contribution < 1.29 is 18.1 Å². The second kappa shape index (κ2) is 5.18. The van der Waals surface area contributed by atoms with E-state index in [2.05, 4.69) is 10.7 Å². The fourth-order valence-electron chi connectivity index (χ4n) is 0.806. The molecule has 0 aliphatic heterocycles. The summed E-state index contributed by atoms with van der Waals surface area (Å²) in [4.78, 5) is 2.17. The zero-order chi connectivity index (χ0) is 8.27. The first-order valence-electron chi connectivity index (χ1n) is 3.22. The molecule has 0 spiro atoms. The molecular weight excluding hydrogens is 239 g/mol. The Hall–Kier alpha value is -0.521. The first kappa shape index (κ1) is 11.5. The molecule has 1 aromatic carbocycles. The second-order valence-corrected chi connectivity index (χ2v) is 4.04. The van der Waals surface area contributed by atoms with Crippen molar-refractivity contribution in [1.82, 2.24) is 0 Å². The molecule has 0 unspecified atom stereocenters. The number of hydrogen-bond donors (Lipinski definition) is 1. The normalized spacial score (nSPS) is 8.42. The predicted molar refractivity (Wildman–Crippen MR) is 44.7 cm³/mol. The van der Waals surface area contributed by atoms with Gasteiger partial charge < -0.3 is 12.4 Å². The van der Waals surface area contributed by atoms with E-state index in [0.717, 1.165) is 10.1 Å². The molecule has 0 heterocycles. The number of rotatable bonds is 1. The van der Waals surface area contributed by atoms with Gasteiger partial charge in [0, 0.05) is 0 Å². The Bertz CT molecular complexity index is 306. The minimum Gasteiger partial charge on any atom is -1.00 e. The van der Waals surface area contributed by atoms with Gasteiger partial charge in [-0.2, -0.15) is 0 Å². The van der Waals surface area contributed by atoms with Crippen LogP contribution in [0.15, 0.2) is 18.2 Å². The first-order valence-corrected chi connectivity index (χ1v) is 4.94. The van der Waals surface area contributed by atoms with Gasteiger partial charge in [-0.1, -0.05) is 0 Å². The molecule has 2 nitrogen and oxygen atoms in total. The van der Waals surface area contributed by atoms with Gasteiger partial charge in [0.05, 0.1) is 0 Å². The third kappa shape index (κ3) is 2.84. The van der Waals surface area contributed by atoms with Gasteiger partial charge in [0.25, 0.3) is 0 Å². The van der Waals surface area contributed by atoms with Gasteiger partial charge in [-0.15, -0.1) is 0 Å². The average molecular weight is 248 g/mol. The zero-order valence-electron chi connectivity index (χ0n) is 6.67. The Morgan fingerprint density at radius 1 is 1.50 bits per heavy atom. The molecule has 3 N–H and O–H groups in total. The van der Waals surface area contributed by atoms with Crippen LogP contribution in [0.3, 0.4) is 0 Å². The number of hydrogen-bond acceptors (Lipinski definition) is 1. The van der Waals surface area contributed by atoms with Crippen LogP contribution >= 0.6 is 0 Å². The minimum atomic E-state index is -0.0664. The molecule has 0 aliphatic rings. The number of nitriles is 1. The van der Waals surface area contributed by atoms with E-state index in [0.29, 0.717) is 0 Å². The molecule has 0 bridgehead atoms. The number of nitrogens with zero attached hydrogens (tertiary/aromatic N) is 1. The van der Waals surface area contributed by atoms with Crippen molar-refractivity contribution in [2.24, 2.45) is 0 Å². The van der Waals surface area contributed by atoms with Crippen LogP contribution in [-0.2, 0) is 0 Å². The summed E-state index contributed by atoms with van der Waals surface area (Å²) in [6.07, 6.45) is 0. The van der Waals surface area contributed by atoms with Crippen LogP contribution < -0.4 is 22.6 Å². The number of halogens is 1. The molecule has 0 amide bonds. The number of aryl methyl sites for hydroxylation is 1. The Morgan fingerprint density at radius 2 is 2.17 bits per heavy atom. The van der Waals surface area contributed by atoms with Gasteiger partial charge in [0.2, 0.25) is 0 Å². The molecule has 0 fully saturated rings. The third-order valence-corrected chi connectivity index (χ3v) is 2.83. The average Bonchev–Trinajstić information content (AvgIpc) is 1.98.